The van der Waals surface area contributed by atoms with E-state index in [0.29, 0.717) is 5.82 Å². The van der Waals surface area contributed by atoms with E-state index in [1.807, 2.05) is 0 Å². The van der Waals surface area contributed by atoms with E-state index in [4.69, 9.17) is 20.4 Å². The second kappa shape index (κ2) is 1.86. The van der Waals surface area contributed by atoms with Gasteiger partial charge in [0, 0.05) is 0 Å². The van der Waals surface area contributed by atoms with Crippen LogP contribution < -0.4 is 5.73 Å². The molecule has 0 saturated carbocycles. The van der Waals surface area contributed by atoms with Gasteiger partial charge in [-0.05, 0) is 0 Å². The Hall–Kier alpha value is -0.810. The second-order valence-electron chi connectivity index (χ2n) is 2.18. The Bertz CT molecular complexity index is 274. The zero-order chi connectivity index (χ0) is 8.72. The molecule has 0 spiro atoms. The van der Waals surface area contributed by atoms with E-state index in [1.54, 1.807) is 0 Å². The fraction of sp³-hybridized carbons (Fsp3) is 0. The number of nitrogens with zero attached hydrogens (tertiary/aromatic N) is 1. The summed E-state index contributed by atoms with van der Waals surface area (Å²) in [5.41, 5.74) is 3.64. The third-order valence-electron chi connectivity index (χ3n) is 1.11. The normalized spacial score (nSPS) is 30.3. The van der Waals surface area contributed by atoms with Crippen molar-refractivity contribution in [3.8, 4) is 0 Å². The molecular formula is C4H7N2O4P. The van der Waals surface area contributed by atoms with E-state index in [0.717, 1.165) is 6.08 Å². The van der Waals surface area contributed by atoms with Crippen LogP contribution in [-0.2, 0) is 0 Å². The van der Waals surface area contributed by atoms with Crippen LogP contribution in [0.4, 0.5) is 4.79 Å². The minimum atomic E-state index is -5.28. The van der Waals surface area contributed by atoms with Crippen molar-refractivity contribution < 1.29 is 19.5 Å². The topological polar surface area (TPSA) is 116 Å². The van der Waals surface area contributed by atoms with Gasteiger partial charge in [0.1, 0.15) is 0 Å². The first-order valence-corrected chi connectivity index (χ1v) is 4.81. The molecule has 0 atom stereocenters. The van der Waals surface area contributed by atoms with Crippen molar-refractivity contribution in [1.82, 2.24) is 0 Å². The summed E-state index contributed by atoms with van der Waals surface area (Å²) in [5, 5.41) is 0. The number of amides is 1. The van der Waals surface area contributed by atoms with Crippen LogP contribution in [0.25, 0.3) is 0 Å². The molecule has 0 aliphatic carbocycles. The average Bonchev–Trinajstić information content (AvgIpc) is 1.81. The monoisotopic (exact) mass is 178 g/mol. The van der Waals surface area contributed by atoms with Gasteiger partial charge in [-0.1, -0.05) is 0 Å². The molecule has 5 N–H and O–H groups in total. The molecule has 1 rings (SSSR count). The van der Waals surface area contributed by atoms with Gasteiger partial charge >= 0.3 is 60.9 Å². The summed E-state index contributed by atoms with van der Waals surface area (Å²) in [5.74, 6) is 0.420. The molecule has 0 aromatic carbocycles. The van der Waals surface area contributed by atoms with Crippen molar-refractivity contribution in [3.63, 3.8) is 0 Å². The number of carbonyl (C=O) groups is 1. The molecule has 0 radical (unpaired) electrons. The number of amidine groups is 1. The molecule has 7 heteroatoms. The molecule has 0 saturated heterocycles. The quantitative estimate of drug-likeness (QED) is 0.365. The van der Waals surface area contributed by atoms with Gasteiger partial charge in [0.15, 0.2) is 0 Å². The molecule has 1 aliphatic rings. The van der Waals surface area contributed by atoms with Crippen molar-refractivity contribution >= 4 is 18.8 Å². The van der Waals surface area contributed by atoms with Crippen molar-refractivity contribution in [2.75, 3.05) is 0 Å². The van der Waals surface area contributed by atoms with Crippen LogP contribution in [0.1, 0.15) is 0 Å². The Morgan fingerprint density at radius 3 is 2.36 bits per heavy atom. The molecule has 1 heterocycles. The third kappa shape index (κ3) is 1.44. The van der Waals surface area contributed by atoms with E-state index in [2.05, 4.69) is 4.99 Å². The van der Waals surface area contributed by atoms with Crippen LogP contribution in [0.2, 0.25) is 0 Å². The summed E-state index contributed by atoms with van der Waals surface area (Å²) in [6, 6.07) is 0. The molecular weight excluding hydrogens is 171 g/mol. The van der Waals surface area contributed by atoms with Gasteiger partial charge in [-0.2, -0.15) is 0 Å². The summed E-state index contributed by atoms with van der Waals surface area (Å²) in [6.45, 7) is 0. The summed E-state index contributed by atoms with van der Waals surface area (Å²) in [7, 11) is -5.28. The summed E-state index contributed by atoms with van der Waals surface area (Å²) >= 11 is 0. The first-order valence-electron chi connectivity index (χ1n) is 2.64. The van der Waals surface area contributed by atoms with Crippen molar-refractivity contribution in [2.45, 2.75) is 0 Å². The van der Waals surface area contributed by atoms with Gasteiger partial charge in [-0.25, -0.2) is 0 Å². The van der Waals surface area contributed by atoms with Gasteiger partial charge in [0.2, 0.25) is 0 Å². The third-order valence-corrected chi connectivity index (χ3v) is 2.64. The van der Waals surface area contributed by atoms with Gasteiger partial charge in [0.25, 0.3) is 0 Å². The van der Waals surface area contributed by atoms with E-state index < -0.39 is 12.9 Å². The predicted molar refractivity (Wildman–Crippen MR) is 39.7 cm³/mol. The average molecular weight is 178 g/mol. The molecule has 1 aliphatic heterocycles. The van der Waals surface area contributed by atoms with Crippen molar-refractivity contribution in [2.24, 2.45) is 10.7 Å². The van der Waals surface area contributed by atoms with Crippen LogP contribution in [0.5, 0.6) is 0 Å². The molecule has 0 aromatic rings. The maximum absolute atomic E-state index is 10.6. The Morgan fingerprint density at radius 2 is 2.00 bits per heavy atom. The molecule has 0 unspecified atom stereocenters. The van der Waals surface area contributed by atoms with Crippen LogP contribution in [-0.4, -0.2) is 26.2 Å². The second-order valence-corrected chi connectivity index (χ2v) is 4.95. The summed E-state index contributed by atoms with van der Waals surface area (Å²) in [6.07, 6.45) is 0.971. The Morgan fingerprint density at radius 1 is 1.45 bits per heavy atom. The van der Waals surface area contributed by atoms with E-state index in [9.17, 15) is 4.79 Å². The van der Waals surface area contributed by atoms with E-state index >= 15 is 0 Å². The predicted octanol–water partition coefficient (Wildman–Crippen LogP) is -0.734. The minimum absolute atomic E-state index is 0.160. The first-order chi connectivity index (χ1) is 4.80. The van der Waals surface area contributed by atoms with Crippen LogP contribution >= 0.6 is 7.28 Å². The fourth-order valence-electron chi connectivity index (χ4n) is 0.521. The molecule has 0 aromatic heterocycles. The number of hydrogen-bond acceptors (Lipinski definition) is 5. The molecule has 11 heavy (non-hydrogen) atoms. The zero-order valence-corrected chi connectivity index (χ0v) is 6.27. The fourth-order valence-corrected chi connectivity index (χ4v) is 1.38. The van der Waals surface area contributed by atoms with Crippen molar-refractivity contribution in [1.29, 1.82) is 0 Å². The molecule has 1 amide bonds. The van der Waals surface area contributed by atoms with Crippen LogP contribution in [0, 0.1) is 0 Å². The zero-order valence-electron chi connectivity index (χ0n) is 5.38. The first kappa shape index (κ1) is 8.29. The van der Waals surface area contributed by atoms with Gasteiger partial charge in [-0.3, -0.25) is 0 Å². The van der Waals surface area contributed by atoms with E-state index in [1.165, 1.54) is 0 Å². The molecule has 62 valence electrons. The van der Waals surface area contributed by atoms with Gasteiger partial charge in [-0.15, -0.1) is 0 Å². The van der Waals surface area contributed by atoms with Gasteiger partial charge in [0.05, 0.1) is 0 Å². The molecule has 0 bridgehead atoms. The number of aliphatic imine (C=N–C) groups is 1. The number of hydrogen-bond donors (Lipinski definition) is 4. The maximum atomic E-state index is 10.6. The van der Waals surface area contributed by atoms with Crippen LogP contribution in [0.15, 0.2) is 16.9 Å². The molecule has 6 nitrogen and oxygen atoms in total. The van der Waals surface area contributed by atoms with E-state index in [-0.39, 0.29) is 5.84 Å². The summed E-state index contributed by atoms with van der Waals surface area (Å²) < 4.78 is 0. The number of carbonyl (C=O) groups excluding carboxylic acids is 1. The van der Waals surface area contributed by atoms with Crippen LogP contribution in [0.3, 0.4) is 0 Å². The van der Waals surface area contributed by atoms with Gasteiger partial charge < -0.3 is 0 Å². The standard InChI is InChI=1S/C4H7N2O4P/c5-3-1-2-11(8,9,10)4(7)6-3/h1-2,8-10H,(H2,5,6,7). The van der Waals surface area contributed by atoms with Crippen molar-refractivity contribution in [3.05, 3.63) is 11.9 Å². The Kier molecular flexibility index (Phi) is 1.40. The Labute approximate surface area is 61.8 Å². The number of rotatable bonds is 0. The molecule has 0 fully saturated rings. The Balaban J connectivity index is 3.15. The number of nitrogens with two attached hydrogens (primary N) is 1. The SMILES string of the molecule is NC1=NC(=O)P(O)(O)(O)C=C1. The summed E-state index contributed by atoms with van der Waals surface area (Å²) in [4.78, 5) is 40.2.